The summed E-state index contributed by atoms with van der Waals surface area (Å²) in [6.07, 6.45) is 8.57. The SMILES string of the molecule is CC(C)(C)OC(=O)NC1C/C=C\C(Br)=C/CC1. The first kappa shape index (κ1) is 14.3. The molecule has 1 aliphatic carbocycles. The molecule has 0 saturated heterocycles. The van der Waals surface area contributed by atoms with E-state index in [1.54, 1.807) is 0 Å². The third kappa shape index (κ3) is 6.51. The van der Waals surface area contributed by atoms with Gasteiger partial charge in [0, 0.05) is 10.5 Å². The zero-order valence-electron chi connectivity index (χ0n) is 10.6. The first-order chi connectivity index (χ1) is 7.87. The van der Waals surface area contributed by atoms with Crippen LogP contribution in [0, 0.1) is 0 Å². The molecule has 1 N–H and O–H groups in total. The fourth-order valence-corrected chi connectivity index (χ4v) is 1.97. The highest BCUT2D eigenvalue weighted by atomic mass is 79.9. The predicted molar refractivity (Wildman–Crippen MR) is 73.2 cm³/mol. The van der Waals surface area contributed by atoms with E-state index in [0.29, 0.717) is 0 Å². The van der Waals surface area contributed by atoms with E-state index in [1.165, 1.54) is 0 Å². The minimum Gasteiger partial charge on any atom is -0.444 e. The van der Waals surface area contributed by atoms with Gasteiger partial charge in [-0.25, -0.2) is 4.79 Å². The fourth-order valence-electron chi connectivity index (χ4n) is 1.56. The number of hydrogen-bond donors (Lipinski definition) is 1. The van der Waals surface area contributed by atoms with Crippen LogP contribution in [-0.2, 0) is 4.74 Å². The largest absolute Gasteiger partial charge is 0.444 e. The average molecular weight is 302 g/mol. The van der Waals surface area contributed by atoms with Crippen molar-refractivity contribution in [3.63, 3.8) is 0 Å². The Morgan fingerprint density at radius 1 is 1.53 bits per heavy atom. The van der Waals surface area contributed by atoms with Crippen LogP contribution in [0.15, 0.2) is 22.7 Å². The molecule has 4 heteroatoms. The molecule has 3 nitrogen and oxygen atoms in total. The van der Waals surface area contributed by atoms with Gasteiger partial charge in [0.05, 0.1) is 0 Å². The molecule has 0 radical (unpaired) electrons. The first-order valence-corrected chi connectivity index (χ1v) is 6.68. The minimum absolute atomic E-state index is 0.151. The van der Waals surface area contributed by atoms with Gasteiger partial charge in [0.15, 0.2) is 0 Å². The van der Waals surface area contributed by atoms with Crippen molar-refractivity contribution in [2.45, 2.75) is 51.7 Å². The van der Waals surface area contributed by atoms with E-state index in [9.17, 15) is 4.79 Å². The quantitative estimate of drug-likeness (QED) is 0.798. The third-order valence-electron chi connectivity index (χ3n) is 2.27. The van der Waals surface area contributed by atoms with E-state index in [4.69, 9.17) is 4.74 Å². The molecule has 0 aromatic heterocycles. The summed E-state index contributed by atoms with van der Waals surface area (Å²) in [6, 6.07) is 0.151. The number of rotatable bonds is 1. The molecule has 1 amide bonds. The smallest absolute Gasteiger partial charge is 0.407 e. The Kier molecular flexibility index (Phi) is 5.25. The van der Waals surface area contributed by atoms with Gasteiger partial charge in [-0.05, 0) is 40.0 Å². The number of allylic oxidation sites excluding steroid dienone is 3. The molecule has 1 unspecified atom stereocenters. The number of carbonyl (C=O) groups excluding carboxylic acids is 1. The molecule has 17 heavy (non-hydrogen) atoms. The van der Waals surface area contributed by atoms with Crippen LogP contribution in [0.1, 0.15) is 40.0 Å². The maximum Gasteiger partial charge on any atom is 0.407 e. The van der Waals surface area contributed by atoms with Crippen LogP contribution in [0.3, 0.4) is 0 Å². The van der Waals surface area contributed by atoms with Crippen LogP contribution < -0.4 is 5.32 Å². The van der Waals surface area contributed by atoms with E-state index in [-0.39, 0.29) is 12.1 Å². The van der Waals surface area contributed by atoms with Crippen LogP contribution in [0.2, 0.25) is 0 Å². The number of halogens is 1. The number of carbonyl (C=O) groups is 1. The van der Waals surface area contributed by atoms with Gasteiger partial charge in [0.2, 0.25) is 0 Å². The summed E-state index contributed by atoms with van der Waals surface area (Å²) >= 11 is 3.45. The van der Waals surface area contributed by atoms with Crippen LogP contribution >= 0.6 is 15.9 Å². The Morgan fingerprint density at radius 3 is 2.88 bits per heavy atom. The van der Waals surface area contributed by atoms with Crippen molar-refractivity contribution in [3.8, 4) is 0 Å². The van der Waals surface area contributed by atoms with E-state index in [0.717, 1.165) is 23.7 Å². The fraction of sp³-hybridized carbons (Fsp3) is 0.615. The van der Waals surface area contributed by atoms with Crippen molar-refractivity contribution >= 4 is 22.0 Å². The van der Waals surface area contributed by atoms with Crippen molar-refractivity contribution < 1.29 is 9.53 Å². The molecular weight excluding hydrogens is 282 g/mol. The highest BCUT2D eigenvalue weighted by Gasteiger charge is 2.18. The van der Waals surface area contributed by atoms with E-state index in [2.05, 4.69) is 33.4 Å². The average Bonchev–Trinajstić information content (AvgIpc) is 2.10. The van der Waals surface area contributed by atoms with Gasteiger partial charge >= 0.3 is 6.09 Å². The van der Waals surface area contributed by atoms with Crippen molar-refractivity contribution in [2.75, 3.05) is 0 Å². The second kappa shape index (κ2) is 6.24. The van der Waals surface area contributed by atoms with Gasteiger partial charge in [-0.1, -0.05) is 34.2 Å². The second-order valence-electron chi connectivity index (χ2n) is 5.15. The Morgan fingerprint density at radius 2 is 2.24 bits per heavy atom. The highest BCUT2D eigenvalue weighted by molar-refractivity contribution is 9.11. The number of amides is 1. The van der Waals surface area contributed by atoms with Gasteiger partial charge in [0.1, 0.15) is 5.60 Å². The standard InChI is InChI=1S/C13H20BrNO2/c1-13(2,3)17-12(16)15-11-8-4-6-10(14)7-5-9-11/h4,6-7,11H,5,8-9H2,1-3H3,(H,15,16)/b6-4-,10-7+. The molecule has 0 heterocycles. The van der Waals surface area contributed by atoms with Gasteiger partial charge in [-0.3, -0.25) is 0 Å². The maximum atomic E-state index is 11.6. The lowest BCUT2D eigenvalue weighted by Crippen LogP contribution is -2.39. The molecule has 0 aliphatic heterocycles. The van der Waals surface area contributed by atoms with Crippen molar-refractivity contribution in [1.82, 2.24) is 5.32 Å². The summed E-state index contributed by atoms with van der Waals surface area (Å²) in [6.45, 7) is 5.60. The van der Waals surface area contributed by atoms with Gasteiger partial charge < -0.3 is 10.1 Å². The lowest BCUT2D eigenvalue weighted by atomic mass is 10.1. The predicted octanol–water partition coefficient (Wildman–Crippen LogP) is 3.90. The molecule has 1 aliphatic rings. The zero-order chi connectivity index (χ0) is 12.9. The molecular formula is C13H20BrNO2. The van der Waals surface area contributed by atoms with Crippen molar-refractivity contribution in [3.05, 3.63) is 22.7 Å². The molecule has 0 fully saturated rings. The summed E-state index contributed by atoms with van der Waals surface area (Å²) in [5.41, 5.74) is -0.440. The molecule has 1 rings (SSSR count). The lowest BCUT2D eigenvalue weighted by Gasteiger charge is -2.23. The summed E-state index contributed by atoms with van der Waals surface area (Å²) in [5, 5.41) is 2.90. The van der Waals surface area contributed by atoms with Gasteiger partial charge in [-0.2, -0.15) is 0 Å². The van der Waals surface area contributed by atoms with Crippen LogP contribution in [-0.4, -0.2) is 17.7 Å². The monoisotopic (exact) mass is 301 g/mol. The minimum atomic E-state index is -0.440. The van der Waals surface area contributed by atoms with E-state index in [1.807, 2.05) is 26.8 Å². The summed E-state index contributed by atoms with van der Waals surface area (Å²) in [4.78, 5) is 11.6. The topological polar surface area (TPSA) is 38.3 Å². The number of alkyl carbamates (subject to hydrolysis) is 1. The van der Waals surface area contributed by atoms with Crippen molar-refractivity contribution in [1.29, 1.82) is 0 Å². The Bertz CT molecular complexity index is 329. The molecule has 0 saturated carbocycles. The van der Waals surface area contributed by atoms with Crippen molar-refractivity contribution in [2.24, 2.45) is 0 Å². The molecule has 0 bridgehead atoms. The molecule has 0 spiro atoms. The maximum absolute atomic E-state index is 11.6. The molecule has 0 aromatic rings. The van der Waals surface area contributed by atoms with E-state index < -0.39 is 5.60 Å². The lowest BCUT2D eigenvalue weighted by molar-refractivity contribution is 0.0502. The highest BCUT2D eigenvalue weighted by Crippen LogP contribution is 2.16. The van der Waals surface area contributed by atoms with Gasteiger partial charge in [-0.15, -0.1) is 0 Å². The van der Waals surface area contributed by atoms with Crippen LogP contribution in [0.25, 0.3) is 0 Å². The summed E-state index contributed by atoms with van der Waals surface area (Å²) in [5.74, 6) is 0. The number of nitrogens with one attached hydrogen (secondary N) is 1. The Hall–Kier alpha value is -0.770. The molecule has 96 valence electrons. The number of ether oxygens (including phenoxy) is 1. The van der Waals surface area contributed by atoms with Crippen LogP contribution in [0.5, 0.6) is 0 Å². The Labute approximate surface area is 111 Å². The first-order valence-electron chi connectivity index (χ1n) is 5.88. The summed E-state index contributed by atoms with van der Waals surface area (Å²) in [7, 11) is 0. The normalized spacial score (nSPS) is 26.1. The van der Waals surface area contributed by atoms with Gasteiger partial charge in [0.25, 0.3) is 0 Å². The zero-order valence-corrected chi connectivity index (χ0v) is 12.2. The third-order valence-corrected chi connectivity index (χ3v) is 2.86. The number of hydrogen-bond acceptors (Lipinski definition) is 2. The summed E-state index contributed by atoms with van der Waals surface area (Å²) < 4.78 is 6.34. The van der Waals surface area contributed by atoms with E-state index >= 15 is 0 Å². The van der Waals surface area contributed by atoms with Crippen LogP contribution in [0.4, 0.5) is 4.79 Å². The molecule has 1 atom stereocenters. The molecule has 0 aromatic carbocycles. The Balaban J connectivity index is 2.42. The second-order valence-corrected chi connectivity index (χ2v) is 6.06.